The number of fused-ring (bicyclic) bond motifs is 2. The molecule has 0 unspecified atom stereocenters. The highest BCUT2D eigenvalue weighted by Crippen LogP contribution is 2.47. The summed E-state index contributed by atoms with van der Waals surface area (Å²) in [6.07, 6.45) is 12.6. The number of benzene rings is 5. The van der Waals surface area contributed by atoms with Gasteiger partial charge in [-0.1, -0.05) is 91.8 Å². The molecule has 7 rings (SSSR count). The van der Waals surface area contributed by atoms with Crippen LogP contribution in [0.4, 0.5) is 0 Å². The normalized spacial score (nSPS) is 15.6. The average molecular weight is 750 g/mol. The van der Waals surface area contributed by atoms with Crippen LogP contribution in [-0.4, -0.2) is 46.0 Å². The quantitative estimate of drug-likeness (QED) is 0.0541. The molecule has 0 bridgehead atoms. The first-order valence-electron chi connectivity index (χ1n) is 18.2. The Bertz CT molecular complexity index is 2290. The molecule has 2 aliphatic carbocycles. The van der Waals surface area contributed by atoms with E-state index in [1.807, 2.05) is 6.07 Å². The number of rotatable bonds is 8. The first-order valence-corrected chi connectivity index (χ1v) is 19.0. The van der Waals surface area contributed by atoms with Crippen molar-refractivity contribution in [3.8, 4) is 11.8 Å². The smallest absolute Gasteiger partial charge is 0.336 e. The van der Waals surface area contributed by atoms with Crippen LogP contribution in [0.3, 0.4) is 0 Å². The molecule has 2 amide bonds. The highest BCUT2D eigenvalue weighted by atomic mass is 79.9. The number of hydrogen-bond donors (Lipinski definition) is 4. The molecule has 0 radical (unpaired) electrons. The van der Waals surface area contributed by atoms with Crippen LogP contribution in [0.15, 0.2) is 40.9 Å². The number of amides is 2. The van der Waals surface area contributed by atoms with Crippen molar-refractivity contribution in [1.82, 2.24) is 10.6 Å². The summed E-state index contributed by atoms with van der Waals surface area (Å²) >= 11 is 3.65. The van der Waals surface area contributed by atoms with Crippen LogP contribution in [0.2, 0.25) is 0 Å². The summed E-state index contributed by atoms with van der Waals surface area (Å²) < 4.78 is 0.468. The maximum atomic E-state index is 14.5. The Hall–Kier alpha value is -4.68. The Kier molecular flexibility index (Phi) is 9.89. The van der Waals surface area contributed by atoms with Gasteiger partial charge in [-0.05, 0) is 67.1 Å². The minimum atomic E-state index is -1.25. The van der Waals surface area contributed by atoms with Crippen LogP contribution >= 0.6 is 15.9 Å². The molecule has 2 aliphatic rings. The molecule has 2 saturated carbocycles. The van der Waals surface area contributed by atoms with Crippen molar-refractivity contribution in [1.29, 1.82) is 0 Å². The number of carbonyl (C=O) groups excluding carboxylic acids is 2. The van der Waals surface area contributed by atoms with Gasteiger partial charge in [0, 0.05) is 72.0 Å². The molecule has 5 aromatic rings. The zero-order valence-corrected chi connectivity index (χ0v) is 30.3. The first kappa shape index (κ1) is 34.8. The van der Waals surface area contributed by atoms with Gasteiger partial charge in [0.05, 0.1) is 11.1 Å². The van der Waals surface area contributed by atoms with Gasteiger partial charge in [0.15, 0.2) is 0 Å². The third-order valence-corrected chi connectivity index (χ3v) is 11.4. The molecule has 0 spiro atoms. The first-order chi connectivity index (χ1) is 24.7. The highest BCUT2D eigenvalue weighted by Gasteiger charge is 2.30. The predicted molar refractivity (Wildman–Crippen MR) is 204 cm³/mol. The van der Waals surface area contributed by atoms with Gasteiger partial charge < -0.3 is 20.8 Å². The molecule has 51 heavy (non-hydrogen) atoms. The summed E-state index contributed by atoms with van der Waals surface area (Å²) in [5.74, 6) is 3.66. The molecular formula is C42H41BrN2O6. The molecule has 0 aromatic heterocycles. The van der Waals surface area contributed by atoms with Crippen molar-refractivity contribution < 1.29 is 29.4 Å². The molecule has 4 N–H and O–H groups in total. The van der Waals surface area contributed by atoms with Gasteiger partial charge in [0.1, 0.15) is 0 Å². The highest BCUT2D eigenvalue weighted by molar-refractivity contribution is 9.10. The number of carboxylic acids is 2. The van der Waals surface area contributed by atoms with Gasteiger partial charge in [0.25, 0.3) is 11.8 Å². The van der Waals surface area contributed by atoms with Crippen molar-refractivity contribution in [2.75, 3.05) is 0 Å². The Morgan fingerprint density at radius 3 is 1.78 bits per heavy atom. The summed E-state index contributed by atoms with van der Waals surface area (Å²) in [7, 11) is 0. The van der Waals surface area contributed by atoms with E-state index < -0.39 is 11.9 Å². The van der Waals surface area contributed by atoms with Crippen molar-refractivity contribution in [3.63, 3.8) is 0 Å². The number of halogens is 1. The van der Waals surface area contributed by atoms with E-state index in [-0.39, 0.29) is 40.4 Å². The minimum absolute atomic E-state index is 0.0307. The SMILES string of the molecule is CCCCC#Cc1cc(C(=O)NC2CCCCC2)c2c(C(=O)NC3CCCCC3)ccc3c4c(Br)cc(C(=O)O)c5c(C(=O)O)ccc(c1c23)c54. The van der Waals surface area contributed by atoms with Crippen LogP contribution in [0.5, 0.6) is 0 Å². The van der Waals surface area contributed by atoms with E-state index in [4.69, 9.17) is 0 Å². The van der Waals surface area contributed by atoms with Crippen molar-refractivity contribution in [3.05, 3.63) is 68.7 Å². The predicted octanol–water partition coefficient (Wildman–Crippen LogP) is 9.56. The van der Waals surface area contributed by atoms with E-state index in [2.05, 4.69) is 45.3 Å². The summed E-state index contributed by atoms with van der Waals surface area (Å²) in [6, 6.07) is 10.0. The number of carboxylic acid groups (broad SMARTS) is 2. The van der Waals surface area contributed by atoms with Crippen LogP contribution in [0.25, 0.3) is 43.1 Å². The lowest BCUT2D eigenvalue weighted by Gasteiger charge is -2.26. The van der Waals surface area contributed by atoms with Crippen molar-refractivity contribution in [2.24, 2.45) is 0 Å². The summed E-state index contributed by atoms with van der Waals surface area (Å²) in [5, 5.41) is 31.4. The van der Waals surface area contributed by atoms with Crippen molar-refractivity contribution in [2.45, 2.75) is 102 Å². The Labute approximate surface area is 304 Å². The fraction of sp³-hybridized carbons (Fsp3) is 0.381. The number of nitrogens with one attached hydrogen (secondary N) is 2. The van der Waals surface area contributed by atoms with E-state index >= 15 is 0 Å². The Balaban J connectivity index is 1.62. The molecule has 262 valence electrons. The molecule has 0 atom stereocenters. The molecule has 0 saturated heterocycles. The molecular weight excluding hydrogens is 708 g/mol. The summed E-state index contributed by atoms with van der Waals surface area (Å²) in [6.45, 7) is 2.09. The lowest BCUT2D eigenvalue weighted by atomic mass is 9.82. The van der Waals surface area contributed by atoms with Crippen LogP contribution < -0.4 is 10.6 Å². The van der Waals surface area contributed by atoms with Gasteiger partial charge in [-0.15, -0.1) is 0 Å². The third kappa shape index (κ3) is 6.40. The van der Waals surface area contributed by atoms with Crippen LogP contribution in [-0.2, 0) is 0 Å². The molecule has 0 heterocycles. The fourth-order valence-electron chi connectivity index (χ4n) is 8.31. The third-order valence-electron chi connectivity index (χ3n) is 10.8. The van der Waals surface area contributed by atoms with E-state index in [0.717, 1.165) is 77.0 Å². The second-order valence-corrected chi connectivity index (χ2v) is 14.9. The van der Waals surface area contributed by atoms with Gasteiger partial charge in [0.2, 0.25) is 0 Å². The maximum Gasteiger partial charge on any atom is 0.336 e. The van der Waals surface area contributed by atoms with Gasteiger partial charge in [-0.3, -0.25) is 9.59 Å². The summed E-state index contributed by atoms with van der Waals surface area (Å²) in [4.78, 5) is 53.9. The topological polar surface area (TPSA) is 133 Å². The van der Waals surface area contributed by atoms with E-state index in [0.29, 0.717) is 65.3 Å². The standard InChI is InChI=1S/C42H41BrN2O6/c1-2-3-4-7-12-23-21-30(40(47)45-25-15-10-6-11-16-25)34-28(39(46)44-24-13-8-5-9-14-24)19-17-27-36-32(43)22-31(42(50)51)35-29(41(48)49)20-18-26(38(35)36)33(23)37(27)34/h17-22,24-25H,2-6,8-11,13-16H2,1H3,(H,44,46)(H,45,47)(H,48,49)(H,50,51). The van der Waals surface area contributed by atoms with Crippen molar-refractivity contribution >= 4 is 82.8 Å². The lowest BCUT2D eigenvalue weighted by Crippen LogP contribution is -2.37. The number of carbonyl (C=O) groups is 4. The molecule has 8 nitrogen and oxygen atoms in total. The fourth-order valence-corrected chi connectivity index (χ4v) is 8.96. The van der Waals surface area contributed by atoms with E-state index in [1.165, 1.54) is 12.1 Å². The maximum absolute atomic E-state index is 14.5. The van der Waals surface area contributed by atoms with Gasteiger partial charge in [-0.2, -0.15) is 0 Å². The number of hydrogen-bond acceptors (Lipinski definition) is 4. The van der Waals surface area contributed by atoms with Gasteiger partial charge in [-0.25, -0.2) is 9.59 Å². The van der Waals surface area contributed by atoms with E-state index in [9.17, 15) is 29.4 Å². The molecule has 5 aromatic carbocycles. The molecule has 9 heteroatoms. The van der Waals surface area contributed by atoms with Crippen LogP contribution in [0.1, 0.15) is 137 Å². The van der Waals surface area contributed by atoms with Crippen LogP contribution in [0, 0.1) is 11.8 Å². The lowest BCUT2D eigenvalue weighted by molar-refractivity contribution is 0.0695. The second kappa shape index (κ2) is 14.5. The average Bonchev–Trinajstić information content (AvgIpc) is 3.12. The van der Waals surface area contributed by atoms with Gasteiger partial charge >= 0.3 is 11.9 Å². The summed E-state index contributed by atoms with van der Waals surface area (Å²) in [5.41, 5.74) is 1.07. The Morgan fingerprint density at radius 1 is 0.667 bits per heavy atom. The largest absolute Gasteiger partial charge is 0.478 e. The minimum Gasteiger partial charge on any atom is -0.478 e. The zero-order valence-electron chi connectivity index (χ0n) is 28.7. The molecule has 2 fully saturated rings. The Morgan fingerprint density at radius 2 is 1.20 bits per heavy atom. The number of unbranched alkanes of at least 4 members (excludes halogenated alkanes) is 2. The molecule has 0 aliphatic heterocycles. The monoisotopic (exact) mass is 748 g/mol. The second-order valence-electron chi connectivity index (χ2n) is 14.1. The van der Waals surface area contributed by atoms with E-state index in [1.54, 1.807) is 18.2 Å². The number of aromatic carboxylic acids is 2. The zero-order chi connectivity index (χ0) is 35.8.